The van der Waals surface area contributed by atoms with Crippen LogP contribution in [-0.4, -0.2) is 24.0 Å². The molecule has 5 heteroatoms. The maximum atomic E-state index is 13.1. The maximum Gasteiger partial charge on any atom is 0.141 e. The number of nitrogens with zero attached hydrogens (tertiary/aromatic N) is 1. The number of rotatable bonds is 2. The smallest absolute Gasteiger partial charge is 0.141 e. The van der Waals surface area contributed by atoms with Crippen LogP contribution in [-0.2, 0) is 6.54 Å². The zero-order valence-electron chi connectivity index (χ0n) is 11.4. The Hall–Kier alpha value is -0.350. The summed E-state index contributed by atoms with van der Waals surface area (Å²) in [7, 11) is 0. The molecule has 112 valence electrons. The number of likely N-dealkylation sites (tertiary alicyclic amines) is 1. The van der Waals surface area contributed by atoms with Crippen LogP contribution < -0.4 is 5.73 Å². The quantitative estimate of drug-likeness (QED) is 0.904. The largest absolute Gasteiger partial charge is 0.327 e. The van der Waals surface area contributed by atoms with Crippen molar-refractivity contribution in [3.05, 3.63) is 34.6 Å². The third-order valence-electron chi connectivity index (χ3n) is 4.62. The van der Waals surface area contributed by atoms with E-state index in [1.807, 2.05) is 6.07 Å². The summed E-state index contributed by atoms with van der Waals surface area (Å²) >= 11 is 5.83. The molecule has 3 unspecified atom stereocenters. The Labute approximate surface area is 130 Å². The molecule has 0 amide bonds. The minimum absolute atomic E-state index is 0. The van der Waals surface area contributed by atoms with Crippen molar-refractivity contribution >= 4 is 24.0 Å². The Balaban J connectivity index is 0.00000147. The molecule has 1 aliphatic carbocycles. The lowest BCUT2D eigenvalue weighted by Crippen LogP contribution is -2.38. The van der Waals surface area contributed by atoms with E-state index in [4.69, 9.17) is 17.3 Å². The Bertz CT molecular complexity index is 469. The van der Waals surface area contributed by atoms with Gasteiger partial charge in [-0.05, 0) is 42.4 Å². The molecule has 1 saturated carbocycles. The van der Waals surface area contributed by atoms with Gasteiger partial charge in [-0.15, -0.1) is 12.4 Å². The average molecular weight is 319 g/mol. The number of nitrogens with two attached hydrogens (primary N) is 1. The first-order chi connectivity index (χ1) is 9.13. The van der Waals surface area contributed by atoms with E-state index in [1.165, 1.54) is 18.9 Å². The molecule has 0 radical (unpaired) electrons. The highest BCUT2D eigenvalue weighted by Gasteiger charge is 2.38. The molecule has 3 atom stereocenters. The fraction of sp³-hybridized carbons (Fsp3) is 0.600. The van der Waals surface area contributed by atoms with E-state index in [-0.39, 0.29) is 23.2 Å². The van der Waals surface area contributed by atoms with Crippen molar-refractivity contribution in [2.75, 3.05) is 13.1 Å². The van der Waals surface area contributed by atoms with Crippen molar-refractivity contribution in [1.29, 1.82) is 0 Å². The van der Waals surface area contributed by atoms with Gasteiger partial charge in [0.05, 0.1) is 5.02 Å². The van der Waals surface area contributed by atoms with Crippen LogP contribution >= 0.6 is 24.0 Å². The summed E-state index contributed by atoms with van der Waals surface area (Å²) in [6, 6.07) is 5.37. The minimum atomic E-state index is -0.345. The molecule has 2 nitrogen and oxygen atoms in total. The van der Waals surface area contributed by atoms with Crippen LogP contribution in [0.25, 0.3) is 0 Å². The summed E-state index contributed by atoms with van der Waals surface area (Å²) in [6.45, 7) is 3.04. The highest BCUT2D eigenvalue weighted by Crippen LogP contribution is 2.36. The third-order valence-corrected chi connectivity index (χ3v) is 4.91. The van der Waals surface area contributed by atoms with Gasteiger partial charge in [0.25, 0.3) is 0 Å². The first-order valence-corrected chi connectivity index (χ1v) is 7.43. The van der Waals surface area contributed by atoms with Gasteiger partial charge >= 0.3 is 0 Å². The second-order valence-corrected chi connectivity index (χ2v) is 6.37. The van der Waals surface area contributed by atoms with E-state index in [0.717, 1.165) is 37.5 Å². The van der Waals surface area contributed by atoms with Gasteiger partial charge in [0.1, 0.15) is 5.82 Å². The van der Waals surface area contributed by atoms with Crippen LogP contribution in [0.2, 0.25) is 5.02 Å². The third kappa shape index (κ3) is 3.28. The second kappa shape index (κ2) is 6.61. The molecule has 0 bridgehead atoms. The van der Waals surface area contributed by atoms with Crippen molar-refractivity contribution < 1.29 is 4.39 Å². The minimum Gasteiger partial charge on any atom is -0.327 e. The topological polar surface area (TPSA) is 29.3 Å². The van der Waals surface area contributed by atoms with E-state index in [1.54, 1.807) is 6.07 Å². The fourth-order valence-electron chi connectivity index (χ4n) is 3.63. The molecule has 0 spiro atoms. The molecule has 20 heavy (non-hydrogen) atoms. The van der Waals surface area contributed by atoms with E-state index in [2.05, 4.69) is 4.90 Å². The first-order valence-electron chi connectivity index (χ1n) is 7.05. The Morgan fingerprint density at radius 3 is 2.80 bits per heavy atom. The Kier molecular flexibility index (Phi) is 5.30. The first kappa shape index (κ1) is 16.0. The van der Waals surface area contributed by atoms with Crippen LogP contribution in [0, 0.1) is 17.7 Å². The zero-order valence-corrected chi connectivity index (χ0v) is 13.0. The number of benzene rings is 1. The van der Waals surface area contributed by atoms with Crippen molar-refractivity contribution in [1.82, 2.24) is 4.90 Å². The van der Waals surface area contributed by atoms with Gasteiger partial charge < -0.3 is 5.73 Å². The summed E-state index contributed by atoms with van der Waals surface area (Å²) in [6.07, 6.45) is 3.73. The Morgan fingerprint density at radius 2 is 2.10 bits per heavy atom. The lowest BCUT2D eigenvalue weighted by Gasteiger charge is -2.29. The number of halogens is 3. The zero-order chi connectivity index (χ0) is 13.4. The highest BCUT2D eigenvalue weighted by molar-refractivity contribution is 6.30. The summed E-state index contributed by atoms with van der Waals surface area (Å²) < 4.78 is 13.1. The van der Waals surface area contributed by atoms with Gasteiger partial charge in [0.2, 0.25) is 0 Å². The molecule has 1 saturated heterocycles. The molecule has 2 aliphatic rings. The lowest BCUT2D eigenvalue weighted by atomic mass is 9.78. The van der Waals surface area contributed by atoms with E-state index >= 15 is 0 Å². The summed E-state index contributed by atoms with van der Waals surface area (Å²) in [5.41, 5.74) is 7.30. The van der Waals surface area contributed by atoms with E-state index in [0.29, 0.717) is 12.0 Å². The maximum absolute atomic E-state index is 13.1. The SMILES string of the molecule is Cl.NC1CCCC2CN(Cc3ccc(F)c(Cl)c3)CC12. The van der Waals surface area contributed by atoms with Gasteiger partial charge in [0, 0.05) is 25.7 Å². The van der Waals surface area contributed by atoms with E-state index < -0.39 is 0 Å². The van der Waals surface area contributed by atoms with Gasteiger partial charge in [0.15, 0.2) is 0 Å². The van der Waals surface area contributed by atoms with Crippen LogP contribution in [0.1, 0.15) is 24.8 Å². The molecule has 2 fully saturated rings. The molecule has 2 N–H and O–H groups in total. The molecule has 0 aromatic heterocycles. The normalized spacial score (nSPS) is 29.9. The van der Waals surface area contributed by atoms with Crippen LogP contribution in [0.4, 0.5) is 4.39 Å². The van der Waals surface area contributed by atoms with Crippen molar-refractivity contribution in [2.45, 2.75) is 31.8 Å². The molecule has 1 aromatic rings. The summed E-state index contributed by atoms with van der Waals surface area (Å²) in [5, 5.41) is 0.214. The average Bonchev–Trinajstić information content (AvgIpc) is 2.78. The highest BCUT2D eigenvalue weighted by atomic mass is 35.5. The molecular weight excluding hydrogens is 298 g/mol. The summed E-state index contributed by atoms with van der Waals surface area (Å²) in [4.78, 5) is 2.43. The van der Waals surface area contributed by atoms with Crippen molar-refractivity contribution in [2.24, 2.45) is 17.6 Å². The van der Waals surface area contributed by atoms with Gasteiger partial charge in [-0.2, -0.15) is 0 Å². The van der Waals surface area contributed by atoms with Crippen LogP contribution in [0.3, 0.4) is 0 Å². The molecule has 1 aliphatic heterocycles. The Morgan fingerprint density at radius 1 is 1.30 bits per heavy atom. The fourth-order valence-corrected chi connectivity index (χ4v) is 3.84. The van der Waals surface area contributed by atoms with Crippen LogP contribution in [0.5, 0.6) is 0 Å². The molecule has 1 aromatic carbocycles. The predicted molar refractivity (Wildman–Crippen MR) is 82.7 cm³/mol. The molecular formula is C15H21Cl2FN2. The van der Waals surface area contributed by atoms with Gasteiger partial charge in [-0.1, -0.05) is 24.1 Å². The predicted octanol–water partition coefficient (Wildman–Crippen LogP) is 3.46. The monoisotopic (exact) mass is 318 g/mol. The van der Waals surface area contributed by atoms with Gasteiger partial charge in [-0.25, -0.2) is 4.39 Å². The van der Waals surface area contributed by atoms with Crippen molar-refractivity contribution in [3.63, 3.8) is 0 Å². The number of hydrogen-bond acceptors (Lipinski definition) is 2. The summed E-state index contributed by atoms with van der Waals surface area (Å²) in [5.74, 6) is 1.05. The number of hydrogen-bond donors (Lipinski definition) is 1. The molecule has 1 heterocycles. The number of fused-ring (bicyclic) bond motifs is 1. The van der Waals surface area contributed by atoms with Gasteiger partial charge in [-0.3, -0.25) is 4.90 Å². The van der Waals surface area contributed by atoms with E-state index in [9.17, 15) is 4.39 Å². The van der Waals surface area contributed by atoms with Crippen LogP contribution in [0.15, 0.2) is 18.2 Å². The molecule has 3 rings (SSSR count). The second-order valence-electron chi connectivity index (χ2n) is 5.96. The van der Waals surface area contributed by atoms with Crippen molar-refractivity contribution in [3.8, 4) is 0 Å². The lowest BCUT2D eigenvalue weighted by molar-refractivity contribution is 0.259. The standard InChI is InChI=1S/C15H20ClFN2.ClH/c16-13-6-10(4-5-14(13)17)7-19-8-11-2-1-3-15(18)12(11)9-19;/h4-6,11-12,15H,1-3,7-9,18H2;1H.